The zero-order valence-corrected chi connectivity index (χ0v) is 10.4. The SMILES string of the molecule is Oc1cccn2nc(CC3CCCCS3)nc12. The molecule has 2 aromatic heterocycles. The summed E-state index contributed by atoms with van der Waals surface area (Å²) in [5.41, 5.74) is 0.559. The maximum Gasteiger partial charge on any atom is 0.197 e. The normalized spacial score (nSPS) is 20.8. The molecule has 0 spiro atoms. The molecular weight excluding hydrogens is 234 g/mol. The summed E-state index contributed by atoms with van der Waals surface area (Å²) in [7, 11) is 0. The number of hydrogen-bond acceptors (Lipinski definition) is 4. The third kappa shape index (κ3) is 2.24. The standard InChI is InChI=1S/C12H15N3OS/c16-10-5-3-6-15-12(10)13-11(14-15)8-9-4-1-2-7-17-9/h3,5-6,9,16H,1-2,4,7-8H2. The van der Waals surface area contributed by atoms with Crippen molar-refractivity contribution in [3.05, 3.63) is 24.2 Å². The van der Waals surface area contributed by atoms with Crippen molar-refractivity contribution in [2.24, 2.45) is 0 Å². The van der Waals surface area contributed by atoms with E-state index in [1.54, 1.807) is 16.6 Å². The van der Waals surface area contributed by atoms with Crippen LogP contribution >= 0.6 is 11.8 Å². The third-order valence-corrected chi connectivity index (χ3v) is 4.47. The Morgan fingerprint density at radius 2 is 2.41 bits per heavy atom. The van der Waals surface area contributed by atoms with Gasteiger partial charge in [0.25, 0.3) is 0 Å². The van der Waals surface area contributed by atoms with Crippen molar-refractivity contribution < 1.29 is 5.11 Å². The number of pyridine rings is 1. The first-order valence-electron chi connectivity index (χ1n) is 5.98. The summed E-state index contributed by atoms with van der Waals surface area (Å²) in [5, 5.41) is 14.7. The molecule has 2 aromatic rings. The van der Waals surface area contributed by atoms with Gasteiger partial charge in [0.05, 0.1) is 0 Å². The lowest BCUT2D eigenvalue weighted by Gasteiger charge is -2.19. The Bertz CT molecular complexity index is 519. The molecule has 0 aromatic carbocycles. The Kier molecular flexibility index (Phi) is 2.93. The van der Waals surface area contributed by atoms with Gasteiger partial charge in [-0.25, -0.2) is 9.50 Å². The zero-order chi connectivity index (χ0) is 11.7. The molecule has 4 nitrogen and oxygen atoms in total. The summed E-state index contributed by atoms with van der Waals surface area (Å²) in [6.07, 6.45) is 6.63. The fourth-order valence-corrected chi connectivity index (χ4v) is 3.50. The van der Waals surface area contributed by atoms with Gasteiger partial charge in [-0.05, 0) is 30.7 Å². The molecule has 1 fully saturated rings. The molecule has 1 saturated heterocycles. The van der Waals surface area contributed by atoms with Crippen molar-refractivity contribution >= 4 is 17.4 Å². The second-order valence-corrected chi connectivity index (χ2v) is 5.79. The number of thioether (sulfide) groups is 1. The summed E-state index contributed by atoms with van der Waals surface area (Å²) < 4.78 is 1.65. The maximum absolute atomic E-state index is 9.66. The van der Waals surface area contributed by atoms with Crippen molar-refractivity contribution in [2.75, 3.05) is 5.75 Å². The summed E-state index contributed by atoms with van der Waals surface area (Å²) >= 11 is 2.02. The topological polar surface area (TPSA) is 50.4 Å². The van der Waals surface area contributed by atoms with E-state index in [1.807, 2.05) is 18.0 Å². The van der Waals surface area contributed by atoms with Crippen LogP contribution in [0.1, 0.15) is 25.1 Å². The molecule has 3 rings (SSSR count). The van der Waals surface area contributed by atoms with E-state index in [0.29, 0.717) is 10.9 Å². The van der Waals surface area contributed by atoms with E-state index in [2.05, 4.69) is 10.1 Å². The van der Waals surface area contributed by atoms with Gasteiger partial charge in [0.15, 0.2) is 17.2 Å². The minimum atomic E-state index is 0.197. The molecule has 3 heterocycles. The molecule has 1 atom stereocenters. The third-order valence-electron chi connectivity index (χ3n) is 3.07. The van der Waals surface area contributed by atoms with Gasteiger partial charge in [0.1, 0.15) is 0 Å². The van der Waals surface area contributed by atoms with Crippen LogP contribution in [0.2, 0.25) is 0 Å². The Morgan fingerprint density at radius 1 is 1.47 bits per heavy atom. The molecule has 90 valence electrons. The number of aromatic nitrogens is 3. The Balaban J connectivity index is 1.83. The molecule has 0 radical (unpaired) electrons. The first-order chi connectivity index (χ1) is 8.33. The first kappa shape index (κ1) is 10.9. The minimum absolute atomic E-state index is 0.197. The summed E-state index contributed by atoms with van der Waals surface area (Å²) in [6, 6.07) is 3.42. The number of fused-ring (bicyclic) bond motifs is 1. The van der Waals surface area contributed by atoms with E-state index in [1.165, 1.54) is 25.0 Å². The fourth-order valence-electron chi connectivity index (χ4n) is 2.19. The molecule has 1 aliphatic heterocycles. The van der Waals surface area contributed by atoms with E-state index in [0.717, 1.165) is 12.2 Å². The maximum atomic E-state index is 9.66. The largest absolute Gasteiger partial charge is 0.504 e. The van der Waals surface area contributed by atoms with Crippen LogP contribution < -0.4 is 0 Å². The molecule has 0 saturated carbocycles. The van der Waals surface area contributed by atoms with Crippen molar-refractivity contribution in [3.8, 4) is 5.75 Å². The number of hydrogen-bond donors (Lipinski definition) is 1. The van der Waals surface area contributed by atoms with Gasteiger partial charge in [-0.15, -0.1) is 0 Å². The second kappa shape index (κ2) is 4.56. The van der Waals surface area contributed by atoms with Crippen LogP contribution in [-0.2, 0) is 6.42 Å². The smallest absolute Gasteiger partial charge is 0.197 e. The molecule has 1 N–H and O–H groups in total. The van der Waals surface area contributed by atoms with Crippen LogP contribution in [-0.4, -0.2) is 30.7 Å². The van der Waals surface area contributed by atoms with E-state index in [4.69, 9.17) is 0 Å². The van der Waals surface area contributed by atoms with Gasteiger partial charge in [0.2, 0.25) is 0 Å². The van der Waals surface area contributed by atoms with Crippen LogP contribution in [0.4, 0.5) is 0 Å². The van der Waals surface area contributed by atoms with Gasteiger partial charge >= 0.3 is 0 Å². The van der Waals surface area contributed by atoms with Gasteiger partial charge < -0.3 is 5.11 Å². The van der Waals surface area contributed by atoms with E-state index in [-0.39, 0.29) is 5.75 Å². The molecule has 0 aliphatic carbocycles. The van der Waals surface area contributed by atoms with Gasteiger partial charge in [-0.3, -0.25) is 0 Å². The molecule has 0 amide bonds. The van der Waals surface area contributed by atoms with Crippen LogP contribution in [0.15, 0.2) is 18.3 Å². The highest BCUT2D eigenvalue weighted by Gasteiger charge is 2.17. The van der Waals surface area contributed by atoms with E-state index in [9.17, 15) is 5.11 Å². The summed E-state index contributed by atoms with van der Waals surface area (Å²) in [4.78, 5) is 4.39. The average molecular weight is 249 g/mol. The Hall–Kier alpha value is -1.23. The highest BCUT2D eigenvalue weighted by molar-refractivity contribution is 7.99. The van der Waals surface area contributed by atoms with Gasteiger partial charge in [-0.1, -0.05) is 6.42 Å². The van der Waals surface area contributed by atoms with E-state index >= 15 is 0 Å². The highest BCUT2D eigenvalue weighted by atomic mass is 32.2. The predicted molar refractivity (Wildman–Crippen MR) is 68.5 cm³/mol. The average Bonchev–Trinajstić information content (AvgIpc) is 2.74. The summed E-state index contributed by atoms with van der Waals surface area (Å²) in [5.74, 6) is 2.29. The summed E-state index contributed by atoms with van der Waals surface area (Å²) in [6.45, 7) is 0. The van der Waals surface area contributed by atoms with Crippen LogP contribution in [0.5, 0.6) is 5.75 Å². The van der Waals surface area contributed by atoms with Crippen molar-refractivity contribution in [1.82, 2.24) is 14.6 Å². The molecular formula is C12H15N3OS. The minimum Gasteiger partial charge on any atom is -0.504 e. The lowest BCUT2D eigenvalue weighted by Crippen LogP contribution is -2.13. The molecule has 17 heavy (non-hydrogen) atoms. The van der Waals surface area contributed by atoms with Crippen LogP contribution in [0.3, 0.4) is 0 Å². The molecule has 1 aliphatic rings. The zero-order valence-electron chi connectivity index (χ0n) is 9.54. The van der Waals surface area contributed by atoms with Gasteiger partial charge in [-0.2, -0.15) is 16.9 Å². The quantitative estimate of drug-likeness (QED) is 0.887. The number of nitrogens with zero attached hydrogens (tertiary/aromatic N) is 3. The molecule has 5 heteroatoms. The monoisotopic (exact) mass is 249 g/mol. The highest BCUT2D eigenvalue weighted by Crippen LogP contribution is 2.27. The number of rotatable bonds is 2. The first-order valence-corrected chi connectivity index (χ1v) is 7.02. The van der Waals surface area contributed by atoms with Crippen LogP contribution in [0.25, 0.3) is 5.65 Å². The van der Waals surface area contributed by atoms with Crippen molar-refractivity contribution in [1.29, 1.82) is 0 Å². The number of aromatic hydroxyl groups is 1. The van der Waals surface area contributed by atoms with Crippen LogP contribution in [0, 0.1) is 0 Å². The Morgan fingerprint density at radius 3 is 3.18 bits per heavy atom. The van der Waals surface area contributed by atoms with Gasteiger partial charge in [0, 0.05) is 17.9 Å². The van der Waals surface area contributed by atoms with Crippen molar-refractivity contribution in [3.63, 3.8) is 0 Å². The lowest BCUT2D eigenvalue weighted by atomic mass is 10.1. The fraction of sp³-hybridized carbons (Fsp3) is 0.500. The lowest BCUT2D eigenvalue weighted by molar-refractivity contribution is 0.477. The molecule has 1 unspecified atom stereocenters. The predicted octanol–water partition coefficient (Wildman–Crippen LogP) is 2.26. The van der Waals surface area contributed by atoms with Crippen molar-refractivity contribution in [2.45, 2.75) is 30.9 Å². The Labute approximate surface area is 104 Å². The van der Waals surface area contributed by atoms with E-state index < -0.39 is 0 Å². The molecule has 0 bridgehead atoms. The second-order valence-electron chi connectivity index (χ2n) is 4.38.